The maximum absolute atomic E-state index is 4.01. The second kappa shape index (κ2) is 5.89. The molecule has 0 N–H and O–H groups in total. The lowest BCUT2D eigenvalue weighted by Gasteiger charge is -1.91. The van der Waals surface area contributed by atoms with Gasteiger partial charge in [-0.3, -0.25) is 4.98 Å². The van der Waals surface area contributed by atoms with Gasteiger partial charge in [-0.05, 0) is 16.8 Å². The molecule has 0 unspecified atom stereocenters. The van der Waals surface area contributed by atoms with E-state index < -0.39 is 0 Å². The van der Waals surface area contributed by atoms with E-state index in [0.29, 0.717) is 0 Å². The first-order chi connectivity index (χ1) is 9.93. The van der Waals surface area contributed by atoms with Crippen LogP contribution in [0.4, 0.5) is 0 Å². The summed E-state index contributed by atoms with van der Waals surface area (Å²) in [6.07, 6.45) is 7.20. The van der Waals surface area contributed by atoms with Crippen LogP contribution < -0.4 is 0 Å². The van der Waals surface area contributed by atoms with E-state index in [1.165, 1.54) is 10.8 Å². The molecule has 4 rings (SSSR count). The number of benzene rings is 2. The molecule has 96 valence electrons. The number of fused-ring (bicyclic) bond motifs is 2. The highest BCUT2D eigenvalue weighted by Crippen LogP contribution is 2.09. The van der Waals surface area contributed by atoms with E-state index in [2.05, 4.69) is 27.3 Å². The average molecular weight is 259 g/mol. The molecule has 0 atom stereocenters. The lowest BCUT2D eigenvalue weighted by atomic mass is 10.2. The van der Waals surface area contributed by atoms with Crippen molar-refractivity contribution < 1.29 is 0 Å². The van der Waals surface area contributed by atoms with Gasteiger partial charge in [0.05, 0.1) is 12.4 Å². The van der Waals surface area contributed by atoms with Crippen LogP contribution in [-0.2, 0) is 0 Å². The Kier molecular flexibility index (Phi) is 3.60. The van der Waals surface area contributed by atoms with Gasteiger partial charge in [0.2, 0.25) is 0 Å². The summed E-state index contributed by atoms with van der Waals surface area (Å²) in [6, 6.07) is 18.2. The summed E-state index contributed by atoms with van der Waals surface area (Å²) >= 11 is 0. The molecule has 0 bridgehead atoms. The summed E-state index contributed by atoms with van der Waals surface area (Å²) in [5, 5.41) is 12.2. The van der Waals surface area contributed by atoms with Crippen molar-refractivity contribution in [3.63, 3.8) is 0 Å². The zero-order valence-corrected chi connectivity index (χ0v) is 10.8. The zero-order chi connectivity index (χ0) is 13.6. The van der Waals surface area contributed by atoms with Crippen LogP contribution in [0.1, 0.15) is 0 Å². The summed E-state index contributed by atoms with van der Waals surface area (Å²) in [7, 11) is 0. The Labute approximate surface area is 116 Å². The quantitative estimate of drug-likeness (QED) is 0.481. The van der Waals surface area contributed by atoms with Crippen LogP contribution in [0, 0.1) is 0 Å². The Bertz CT molecular complexity index is 625. The van der Waals surface area contributed by atoms with Crippen LogP contribution in [0.3, 0.4) is 0 Å². The van der Waals surface area contributed by atoms with E-state index in [1.54, 1.807) is 12.4 Å². The van der Waals surface area contributed by atoms with E-state index in [-0.39, 0.29) is 0 Å². The number of nitrogens with zero attached hydrogens (tertiary/aromatic N) is 3. The third-order valence-electron chi connectivity index (χ3n) is 3.01. The summed E-state index contributed by atoms with van der Waals surface area (Å²) in [6.45, 7) is 0. The van der Waals surface area contributed by atoms with Gasteiger partial charge in [-0.25, -0.2) is 0 Å². The lowest BCUT2D eigenvalue weighted by Crippen LogP contribution is -1.77. The Balaban J connectivity index is 0.000000121. The van der Waals surface area contributed by atoms with Gasteiger partial charge in [0.25, 0.3) is 0 Å². The predicted molar refractivity (Wildman–Crippen MR) is 81.3 cm³/mol. The number of hydrogen-bond acceptors (Lipinski definition) is 3. The fourth-order valence-electron chi connectivity index (χ4n) is 1.96. The molecule has 3 heteroatoms. The molecule has 0 fully saturated rings. The molecular formula is C17H13N3. The maximum Gasteiger partial charge on any atom is 0.0574 e. The minimum atomic E-state index is 1.14. The van der Waals surface area contributed by atoms with Crippen LogP contribution >= 0.6 is 0 Å². The molecule has 0 aliphatic carbocycles. The van der Waals surface area contributed by atoms with E-state index >= 15 is 0 Å². The number of hydrogen-bond donors (Lipinski definition) is 0. The van der Waals surface area contributed by atoms with Crippen LogP contribution in [0.5, 0.6) is 0 Å². The van der Waals surface area contributed by atoms with Crippen molar-refractivity contribution in [3.05, 3.63) is 79.4 Å². The van der Waals surface area contributed by atoms with Crippen molar-refractivity contribution in [1.82, 2.24) is 15.2 Å². The van der Waals surface area contributed by atoms with Gasteiger partial charge in [0.15, 0.2) is 0 Å². The predicted octanol–water partition coefficient (Wildman–Crippen LogP) is 3.86. The minimum absolute atomic E-state index is 1.14. The van der Waals surface area contributed by atoms with Gasteiger partial charge in [0.1, 0.15) is 0 Å². The fraction of sp³-hybridized carbons (Fsp3) is 0. The topological polar surface area (TPSA) is 38.7 Å². The molecular weight excluding hydrogens is 246 g/mol. The summed E-state index contributed by atoms with van der Waals surface area (Å²) < 4.78 is 0. The van der Waals surface area contributed by atoms with Crippen molar-refractivity contribution in [2.75, 3.05) is 0 Å². The molecule has 0 amide bonds. The summed E-state index contributed by atoms with van der Waals surface area (Å²) in [5.41, 5.74) is 0. The maximum atomic E-state index is 4.01. The van der Waals surface area contributed by atoms with Crippen molar-refractivity contribution >= 4 is 21.5 Å². The molecule has 0 aliphatic rings. The van der Waals surface area contributed by atoms with Gasteiger partial charge in [0, 0.05) is 23.2 Å². The molecule has 2 aromatic carbocycles. The molecule has 0 spiro atoms. The van der Waals surface area contributed by atoms with Crippen LogP contribution in [0.2, 0.25) is 0 Å². The molecule has 2 heterocycles. The SMILES string of the molecule is c1ccc2cnccc2c1.c1ccc2cnncc2c1. The van der Waals surface area contributed by atoms with Crippen LogP contribution in [0.25, 0.3) is 21.5 Å². The zero-order valence-electron chi connectivity index (χ0n) is 10.8. The van der Waals surface area contributed by atoms with Crippen molar-refractivity contribution in [3.8, 4) is 0 Å². The van der Waals surface area contributed by atoms with Gasteiger partial charge in [-0.1, -0.05) is 48.5 Å². The third-order valence-corrected chi connectivity index (χ3v) is 3.01. The van der Waals surface area contributed by atoms with Gasteiger partial charge in [-0.15, -0.1) is 0 Å². The monoisotopic (exact) mass is 259 g/mol. The molecule has 3 nitrogen and oxygen atoms in total. The van der Waals surface area contributed by atoms with Crippen LogP contribution in [-0.4, -0.2) is 15.2 Å². The van der Waals surface area contributed by atoms with Gasteiger partial charge < -0.3 is 0 Å². The summed E-state index contributed by atoms with van der Waals surface area (Å²) in [5.74, 6) is 0. The fourth-order valence-corrected chi connectivity index (χ4v) is 1.96. The standard InChI is InChI=1S/C9H7N.C8H6N2/c1-2-4-9-7-10-6-5-8(9)3-1;1-2-4-8-6-10-9-5-7(8)3-1/h1-7H;1-6H. The van der Waals surface area contributed by atoms with Crippen LogP contribution in [0.15, 0.2) is 79.4 Å². The number of aromatic nitrogens is 3. The van der Waals surface area contributed by atoms with Crippen molar-refractivity contribution in [2.45, 2.75) is 0 Å². The molecule has 20 heavy (non-hydrogen) atoms. The van der Waals surface area contributed by atoms with E-state index in [1.807, 2.05) is 54.9 Å². The van der Waals surface area contributed by atoms with E-state index in [9.17, 15) is 0 Å². The largest absolute Gasteiger partial charge is 0.264 e. The average Bonchev–Trinajstić information content (AvgIpc) is 2.56. The molecule has 0 radical (unpaired) electrons. The molecule has 0 aliphatic heterocycles. The van der Waals surface area contributed by atoms with E-state index in [4.69, 9.17) is 0 Å². The smallest absolute Gasteiger partial charge is 0.0574 e. The third kappa shape index (κ3) is 2.78. The Morgan fingerprint density at radius 2 is 1.00 bits per heavy atom. The lowest BCUT2D eigenvalue weighted by molar-refractivity contribution is 1.05. The van der Waals surface area contributed by atoms with E-state index in [0.717, 1.165) is 10.8 Å². The normalized spacial score (nSPS) is 10.0. The minimum Gasteiger partial charge on any atom is -0.264 e. The number of pyridine rings is 1. The first-order valence-electron chi connectivity index (χ1n) is 6.38. The van der Waals surface area contributed by atoms with Crippen molar-refractivity contribution in [1.29, 1.82) is 0 Å². The Morgan fingerprint density at radius 1 is 0.500 bits per heavy atom. The first kappa shape index (κ1) is 12.2. The Morgan fingerprint density at radius 3 is 1.55 bits per heavy atom. The Hall–Kier alpha value is -2.81. The number of rotatable bonds is 0. The molecule has 0 saturated carbocycles. The second-order valence-corrected chi connectivity index (χ2v) is 4.34. The highest BCUT2D eigenvalue weighted by molar-refractivity contribution is 5.81. The second-order valence-electron chi connectivity index (χ2n) is 4.34. The molecule has 4 aromatic rings. The summed E-state index contributed by atoms with van der Waals surface area (Å²) in [4.78, 5) is 4.01. The molecule has 2 aromatic heterocycles. The van der Waals surface area contributed by atoms with Gasteiger partial charge >= 0.3 is 0 Å². The van der Waals surface area contributed by atoms with Crippen molar-refractivity contribution in [2.24, 2.45) is 0 Å². The highest BCUT2D eigenvalue weighted by atomic mass is 15.1. The van der Waals surface area contributed by atoms with Gasteiger partial charge in [-0.2, -0.15) is 10.2 Å². The highest BCUT2D eigenvalue weighted by Gasteiger charge is 1.87. The molecule has 0 saturated heterocycles. The first-order valence-corrected chi connectivity index (χ1v) is 6.38.